The summed E-state index contributed by atoms with van der Waals surface area (Å²) in [6, 6.07) is 5.96. The average Bonchev–Trinajstić information content (AvgIpc) is 3.00. The predicted molar refractivity (Wildman–Crippen MR) is 93.8 cm³/mol. The minimum Gasteiger partial charge on any atom is -0.490 e. The Kier molecular flexibility index (Phi) is 5.51. The predicted octanol–water partition coefficient (Wildman–Crippen LogP) is 3.70. The van der Waals surface area contributed by atoms with Crippen LogP contribution in [-0.2, 0) is 6.54 Å². The third kappa shape index (κ3) is 4.33. The summed E-state index contributed by atoms with van der Waals surface area (Å²) in [7, 11) is 1.61. The number of nitrogens with zero attached hydrogens (tertiary/aromatic N) is 2. The van der Waals surface area contributed by atoms with E-state index in [0.29, 0.717) is 12.5 Å². The van der Waals surface area contributed by atoms with Crippen molar-refractivity contribution in [2.45, 2.75) is 38.3 Å². The Morgan fingerprint density at radius 1 is 1.38 bits per heavy atom. The Morgan fingerprint density at radius 2 is 2.08 bits per heavy atom. The van der Waals surface area contributed by atoms with Crippen molar-refractivity contribution in [3.05, 3.63) is 28.8 Å². The van der Waals surface area contributed by atoms with Gasteiger partial charge in [0.25, 0.3) is 0 Å². The number of likely N-dealkylation sites (tertiary alicyclic amines) is 1. The third-order valence-corrected chi connectivity index (χ3v) is 5.32. The molecule has 6 heteroatoms. The fourth-order valence-electron chi connectivity index (χ4n) is 3.49. The normalized spacial score (nSPS) is 23.8. The molecule has 0 atom stereocenters. The maximum Gasteiger partial charge on any atom is 0.407 e. The molecular formula is C18H25ClN2O3. The fraction of sp³-hybridized carbons (Fsp3) is 0.611. The Labute approximate surface area is 148 Å². The molecule has 1 amide bonds. The highest BCUT2D eigenvalue weighted by Crippen LogP contribution is 2.33. The molecule has 1 heterocycles. The molecular weight excluding hydrogens is 328 g/mol. The number of halogens is 1. The Morgan fingerprint density at radius 3 is 2.71 bits per heavy atom. The first-order valence-corrected chi connectivity index (χ1v) is 9.00. The second-order valence-corrected chi connectivity index (χ2v) is 7.38. The zero-order chi connectivity index (χ0) is 17.1. The van der Waals surface area contributed by atoms with Gasteiger partial charge in [-0.2, -0.15) is 0 Å². The molecule has 0 radical (unpaired) electrons. The quantitative estimate of drug-likeness (QED) is 0.848. The highest BCUT2D eigenvalue weighted by atomic mass is 35.5. The summed E-state index contributed by atoms with van der Waals surface area (Å²) < 4.78 is 5.96. The van der Waals surface area contributed by atoms with Gasteiger partial charge in [0.15, 0.2) is 0 Å². The molecule has 1 aliphatic carbocycles. The molecule has 0 spiro atoms. The monoisotopic (exact) mass is 352 g/mol. The number of hydrogen-bond acceptors (Lipinski definition) is 3. The van der Waals surface area contributed by atoms with E-state index in [2.05, 4.69) is 11.0 Å². The van der Waals surface area contributed by atoms with Crippen molar-refractivity contribution in [3.8, 4) is 5.75 Å². The first-order valence-electron chi connectivity index (χ1n) is 8.63. The highest BCUT2D eigenvalue weighted by Gasteiger charge is 2.32. The lowest BCUT2D eigenvalue weighted by Crippen LogP contribution is -2.41. The molecule has 5 nitrogen and oxygen atoms in total. The summed E-state index contributed by atoms with van der Waals surface area (Å²) in [6.07, 6.45) is 3.63. The molecule has 0 bridgehead atoms. The summed E-state index contributed by atoms with van der Waals surface area (Å²) >= 11 is 6.41. The van der Waals surface area contributed by atoms with Gasteiger partial charge in [-0.05, 0) is 62.4 Å². The standard InChI is InChI=1S/C18H25ClN2O3/c1-20(18(22)23)11-13-8-16(9-13)24-15-5-4-14(17(19)10-15)12-21-6-2-3-7-21/h4-5,10,13,16H,2-3,6-9,11-12H2,1H3,(H,22,23). The number of hydrogen-bond donors (Lipinski definition) is 1. The van der Waals surface area contributed by atoms with E-state index in [1.54, 1.807) is 7.05 Å². The summed E-state index contributed by atoms with van der Waals surface area (Å²) in [4.78, 5) is 14.6. The van der Waals surface area contributed by atoms with Crippen LogP contribution in [0.15, 0.2) is 18.2 Å². The Bertz CT molecular complexity index is 584. The molecule has 3 rings (SSSR count). The molecule has 0 aromatic heterocycles. The lowest BCUT2D eigenvalue weighted by Gasteiger charge is -2.37. The van der Waals surface area contributed by atoms with Crippen LogP contribution in [0.3, 0.4) is 0 Å². The van der Waals surface area contributed by atoms with E-state index in [9.17, 15) is 4.79 Å². The lowest BCUT2D eigenvalue weighted by molar-refractivity contribution is 0.0474. The van der Waals surface area contributed by atoms with E-state index in [-0.39, 0.29) is 6.10 Å². The molecule has 1 aliphatic heterocycles. The molecule has 1 N–H and O–H groups in total. The van der Waals surface area contributed by atoms with E-state index >= 15 is 0 Å². The van der Waals surface area contributed by atoms with E-state index in [1.165, 1.54) is 17.7 Å². The Hall–Kier alpha value is -1.46. The van der Waals surface area contributed by atoms with E-state index in [0.717, 1.165) is 48.8 Å². The minimum atomic E-state index is -0.875. The summed E-state index contributed by atoms with van der Waals surface area (Å²) in [5.74, 6) is 1.20. The van der Waals surface area contributed by atoms with Crippen molar-refractivity contribution >= 4 is 17.7 Å². The van der Waals surface area contributed by atoms with Gasteiger partial charge in [0.05, 0.1) is 6.10 Å². The van der Waals surface area contributed by atoms with Crippen molar-refractivity contribution in [1.29, 1.82) is 0 Å². The molecule has 24 heavy (non-hydrogen) atoms. The number of ether oxygens (including phenoxy) is 1. The van der Waals surface area contributed by atoms with Crippen LogP contribution in [0.1, 0.15) is 31.2 Å². The second kappa shape index (κ2) is 7.62. The number of carbonyl (C=O) groups is 1. The first-order chi connectivity index (χ1) is 11.5. The van der Waals surface area contributed by atoms with Gasteiger partial charge in [0.1, 0.15) is 5.75 Å². The van der Waals surface area contributed by atoms with Crippen LogP contribution < -0.4 is 4.74 Å². The van der Waals surface area contributed by atoms with E-state index < -0.39 is 6.09 Å². The van der Waals surface area contributed by atoms with Crippen molar-refractivity contribution in [2.24, 2.45) is 5.92 Å². The number of carboxylic acid groups (broad SMARTS) is 1. The number of amides is 1. The molecule has 1 aromatic rings. The first kappa shape index (κ1) is 17.4. The maximum absolute atomic E-state index is 10.8. The molecule has 2 aliphatic rings. The molecule has 132 valence electrons. The van der Waals surface area contributed by atoms with Gasteiger partial charge in [-0.1, -0.05) is 17.7 Å². The lowest BCUT2D eigenvalue weighted by atomic mass is 9.82. The molecule has 0 unspecified atom stereocenters. The zero-order valence-corrected chi connectivity index (χ0v) is 14.8. The largest absolute Gasteiger partial charge is 0.490 e. The van der Waals surface area contributed by atoms with Gasteiger partial charge in [-0.3, -0.25) is 4.90 Å². The van der Waals surface area contributed by atoms with Crippen molar-refractivity contribution in [2.75, 3.05) is 26.7 Å². The second-order valence-electron chi connectivity index (χ2n) is 6.98. The maximum atomic E-state index is 10.8. The van der Waals surface area contributed by atoms with Crippen molar-refractivity contribution < 1.29 is 14.6 Å². The molecule has 1 saturated heterocycles. The fourth-order valence-corrected chi connectivity index (χ4v) is 3.72. The van der Waals surface area contributed by atoms with Crippen LogP contribution in [-0.4, -0.2) is 53.8 Å². The van der Waals surface area contributed by atoms with Crippen LogP contribution in [0.4, 0.5) is 4.79 Å². The Balaban J connectivity index is 1.46. The zero-order valence-electron chi connectivity index (χ0n) is 14.1. The van der Waals surface area contributed by atoms with Crippen LogP contribution in [0.5, 0.6) is 5.75 Å². The molecule has 1 aromatic carbocycles. The van der Waals surface area contributed by atoms with Gasteiger partial charge in [0.2, 0.25) is 0 Å². The average molecular weight is 353 g/mol. The van der Waals surface area contributed by atoms with Crippen LogP contribution in [0, 0.1) is 5.92 Å². The van der Waals surface area contributed by atoms with Crippen LogP contribution >= 0.6 is 11.6 Å². The summed E-state index contributed by atoms with van der Waals surface area (Å²) in [5, 5.41) is 9.65. The van der Waals surface area contributed by atoms with Crippen LogP contribution in [0.2, 0.25) is 5.02 Å². The third-order valence-electron chi connectivity index (χ3n) is 4.97. The van der Waals surface area contributed by atoms with Crippen molar-refractivity contribution in [1.82, 2.24) is 9.80 Å². The summed E-state index contributed by atoms with van der Waals surface area (Å²) in [5.41, 5.74) is 1.15. The molecule has 1 saturated carbocycles. The van der Waals surface area contributed by atoms with Gasteiger partial charge >= 0.3 is 6.09 Å². The van der Waals surface area contributed by atoms with Crippen LogP contribution in [0.25, 0.3) is 0 Å². The highest BCUT2D eigenvalue weighted by molar-refractivity contribution is 6.31. The van der Waals surface area contributed by atoms with Gasteiger partial charge in [0, 0.05) is 25.2 Å². The summed E-state index contributed by atoms with van der Waals surface area (Å²) in [6.45, 7) is 3.79. The van der Waals surface area contributed by atoms with Gasteiger partial charge in [-0.15, -0.1) is 0 Å². The smallest absolute Gasteiger partial charge is 0.407 e. The van der Waals surface area contributed by atoms with E-state index in [4.69, 9.17) is 21.4 Å². The van der Waals surface area contributed by atoms with E-state index in [1.807, 2.05) is 12.1 Å². The SMILES string of the molecule is CN(CC1CC(Oc2ccc(CN3CCCC3)c(Cl)c2)C1)C(=O)O. The van der Waals surface area contributed by atoms with Crippen molar-refractivity contribution in [3.63, 3.8) is 0 Å². The van der Waals surface area contributed by atoms with Gasteiger partial charge in [-0.25, -0.2) is 4.79 Å². The van der Waals surface area contributed by atoms with Gasteiger partial charge < -0.3 is 14.7 Å². The number of benzene rings is 1. The molecule has 2 fully saturated rings. The topological polar surface area (TPSA) is 53.0 Å². The minimum absolute atomic E-state index is 0.165. The number of rotatable bonds is 6.